The van der Waals surface area contributed by atoms with Gasteiger partial charge in [0.05, 0.1) is 24.3 Å². The third-order valence-corrected chi connectivity index (χ3v) is 8.77. The second-order valence-electron chi connectivity index (χ2n) is 9.90. The van der Waals surface area contributed by atoms with E-state index < -0.39 is 43.1 Å². The predicted molar refractivity (Wildman–Crippen MR) is 149 cm³/mol. The van der Waals surface area contributed by atoms with Crippen molar-refractivity contribution in [3.05, 3.63) is 47.5 Å². The summed E-state index contributed by atoms with van der Waals surface area (Å²) in [4.78, 5) is 24.2. The van der Waals surface area contributed by atoms with Gasteiger partial charge in [-0.3, -0.25) is 0 Å². The summed E-state index contributed by atoms with van der Waals surface area (Å²) in [7, 11) is -4.52. The van der Waals surface area contributed by atoms with Gasteiger partial charge in [-0.25, -0.2) is 18.0 Å². The fourth-order valence-corrected chi connectivity index (χ4v) is 5.67. The van der Waals surface area contributed by atoms with Crippen LogP contribution in [0, 0.1) is 11.8 Å². The van der Waals surface area contributed by atoms with E-state index in [-0.39, 0.29) is 36.2 Å². The van der Waals surface area contributed by atoms with Crippen LogP contribution in [-0.4, -0.2) is 43.8 Å². The maximum Gasteiger partial charge on any atom is 0.338 e. The Morgan fingerprint density at radius 3 is 1.44 bits per heavy atom. The normalized spacial score (nSPS) is 13.0. The van der Waals surface area contributed by atoms with Crippen molar-refractivity contribution in [2.45, 2.75) is 88.9 Å². The zero-order chi connectivity index (χ0) is 29.0. The van der Waals surface area contributed by atoms with Crippen molar-refractivity contribution in [1.29, 1.82) is 0 Å². The molecule has 0 aliphatic rings. The molecule has 0 saturated heterocycles. The summed E-state index contributed by atoms with van der Waals surface area (Å²) in [6.45, 7) is 8.63. The van der Waals surface area contributed by atoms with E-state index in [4.69, 9.17) is 9.47 Å². The number of benzene rings is 2. The average molecular weight is 563 g/mol. The van der Waals surface area contributed by atoms with Gasteiger partial charge in [-0.1, -0.05) is 66.2 Å². The summed E-state index contributed by atoms with van der Waals surface area (Å²) < 4.78 is 37.8. The number of hydrogen-bond donors (Lipinski definition) is 2. The van der Waals surface area contributed by atoms with Crippen molar-refractivity contribution in [3.8, 4) is 11.5 Å². The van der Waals surface area contributed by atoms with Crippen LogP contribution in [0.25, 0.3) is 0 Å². The summed E-state index contributed by atoms with van der Waals surface area (Å²) in [6, 6.07) is 6.77. The molecule has 2 aromatic rings. The van der Waals surface area contributed by atoms with Crippen LogP contribution in [0.4, 0.5) is 0 Å². The Morgan fingerprint density at radius 1 is 0.718 bits per heavy atom. The largest absolute Gasteiger partial charge is 0.507 e. The maximum absolute atomic E-state index is 13.5. The lowest BCUT2D eigenvalue weighted by atomic mass is 10.0. The number of sulfone groups is 1. The molecule has 8 nitrogen and oxygen atoms in total. The number of ether oxygens (including phenoxy) is 2. The second kappa shape index (κ2) is 15.5. The first-order valence-corrected chi connectivity index (χ1v) is 15.3. The molecular formula is C30H42O8S. The van der Waals surface area contributed by atoms with Crippen LogP contribution in [0.3, 0.4) is 0 Å². The Hall–Kier alpha value is -3.07. The predicted octanol–water partition coefficient (Wildman–Crippen LogP) is 6.68. The van der Waals surface area contributed by atoms with Crippen LogP contribution >= 0.6 is 0 Å². The van der Waals surface area contributed by atoms with Gasteiger partial charge in [0.15, 0.2) is 0 Å². The highest BCUT2D eigenvalue weighted by Gasteiger charge is 2.28. The molecule has 0 radical (unpaired) electrons. The zero-order valence-electron chi connectivity index (χ0n) is 23.4. The molecule has 2 rings (SSSR count). The van der Waals surface area contributed by atoms with Crippen molar-refractivity contribution in [2.24, 2.45) is 11.8 Å². The molecule has 2 aromatic carbocycles. The molecule has 39 heavy (non-hydrogen) atoms. The van der Waals surface area contributed by atoms with Crippen LogP contribution < -0.4 is 0 Å². The van der Waals surface area contributed by atoms with E-state index in [0.717, 1.165) is 75.6 Å². The number of phenols is 2. The molecule has 0 saturated carbocycles. The third-order valence-electron chi connectivity index (χ3n) is 6.96. The quantitative estimate of drug-likeness (QED) is 0.217. The smallest absolute Gasteiger partial charge is 0.338 e. The molecule has 9 heteroatoms. The van der Waals surface area contributed by atoms with Crippen molar-refractivity contribution in [1.82, 2.24) is 0 Å². The van der Waals surface area contributed by atoms with Gasteiger partial charge in [-0.05, 0) is 61.1 Å². The highest BCUT2D eigenvalue weighted by Crippen LogP contribution is 2.35. The fraction of sp³-hybridized carbons (Fsp3) is 0.533. The van der Waals surface area contributed by atoms with E-state index in [9.17, 15) is 28.2 Å². The highest BCUT2D eigenvalue weighted by atomic mass is 32.2. The molecule has 0 heterocycles. The Kier molecular flexibility index (Phi) is 12.8. The highest BCUT2D eigenvalue weighted by molar-refractivity contribution is 7.91. The van der Waals surface area contributed by atoms with Gasteiger partial charge in [-0.2, -0.15) is 0 Å². The van der Waals surface area contributed by atoms with E-state index in [0.29, 0.717) is 0 Å². The molecule has 0 aliphatic heterocycles. The Labute approximate surface area is 232 Å². The van der Waals surface area contributed by atoms with Gasteiger partial charge < -0.3 is 19.7 Å². The van der Waals surface area contributed by atoms with Crippen molar-refractivity contribution in [3.63, 3.8) is 0 Å². The number of rotatable bonds is 16. The van der Waals surface area contributed by atoms with E-state index in [1.807, 2.05) is 13.8 Å². The third kappa shape index (κ3) is 8.98. The van der Waals surface area contributed by atoms with E-state index in [1.165, 1.54) is 12.1 Å². The molecule has 216 valence electrons. The van der Waals surface area contributed by atoms with Gasteiger partial charge in [0.25, 0.3) is 0 Å². The van der Waals surface area contributed by atoms with Crippen LogP contribution in [0.15, 0.2) is 46.2 Å². The maximum atomic E-state index is 13.5. The number of carbonyl (C=O) groups is 2. The van der Waals surface area contributed by atoms with Crippen LogP contribution in [0.2, 0.25) is 0 Å². The molecule has 0 spiro atoms. The molecule has 0 amide bonds. The van der Waals surface area contributed by atoms with Crippen molar-refractivity contribution in [2.75, 3.05) is 13.2 Å². The van der Waals surface area contributed by atoms with Crippen LogP contribution in [-0.2, 0) is 19.3 Å². The minimum Gasteiger partial charge on any atom is -0.507 e. The van der Waals surface area contributed by atoms with E-state index in [1.54, 1.807) is 0 Å². The van der Waals surface area contributed by atoms with Gasteiger partial charge in [-0.15, -0.1) is 0 Å². The van der Waals surface area contributed by atoms with Crippen LogP contribution in [0.5, 0.6) is 11.5 Å². The lowest BCUT2D eigenvalue weighted by Crippen LogP contribution is -2.15. The number of esters is 2. The van der Waals surface area contributed by atoms with Crippen LogP contribution in [0.1, 0.15) is 99.8 Å². The summed E-state index contributed by atoms with van der Waals surface area (Å²) in [5.74, 6) is -2.22. The first-order chi connectivity index (χ1) is 18.6. The number of unbranched alkanes of at least 4 members (excludes halogenated alkanes) is 2. The van der Waals surface area contributed by atoms with Gasteiger partial charge in [0.1, 0.15) is 21.3 Å². The molecule has 2 atom stereocenters. The molecule has 0 aromatic heterocycles. The Morgan fingerprint density at radius 2 is 1.10 bits per heavy atom. The van der Waals surface area contributed by atoms with Gasteiger partial charge in [0.2, 0.25) is 9.84 Å². The average Bonchev–Trinajstić information content (AvgIpc) is 2.93. The second-order valence-corrected chi connectivity index (χ2v) is 11.8. The topological polar surface area (TPSA) is 127 Å². The molecule has 2 unspecified atom stereocenters. The Bertz CT molecular complexity index is 1120. The molecule has 0 fully saturated rings. The molecule has 0 bridgehead atoms. The first-order valence-electron chi connectivity index (χ1n) is 13.8. The minimum atomic E-state index is -4.52. The SMILES string of the molecule is CCCCC(CC)COC(=O)c1ccc(O)c(S(=O)(=O)c2cc(C(=O)OCC(CC)CCCC)ccc2O)c1. The van der Waals surface area contributed by atoms with Gasteiger partial charge in [0, 0.05) is 0 Å². The standard InChI is InChI=1S/C30H42O8S/c1-5-9-11-21(7-3)19-37-29(33)23-13-15-25(31)27(17-23)39(35,36)28-18-24(14-16-26(28)32)30(34)38-20-22(8-4)12-10-6-2/h13-18,21-22,31-32H,5-12,19-20H2,1-4H3. The molecule has 2 N–H and O–H groups in total. The summed E-state index contributed by atoms with van der Waals surface area (Å²) in [6.07, 6.45) is 7.65. The molecule has 0 aliphatic carbocycles. The summed E-state index contributed by atoms with van der Waals surface area (Å²) in [5, 5.41) is 20.8. The summed E-state index contributed by atoms with van der Waals surface area (Å²) >= 11 is 0. The van der Waals surface area contributed by atoms with Crippen molar-refractivity contribution < 1.29 is 37.7 Å². The van der Waals surface area contributed by atoms with E-state index >= 15 is 0 Å². The minimum absolute atomic E-state index is 0.0514. The zero-order valence-corrected chi connectivity index (χ0v) is 24.3. The number of phenolic OH excluding ortho intramolecular Hbond substituents is 2. The fourth-order valence-electron chi connectivity index (χ4n) is 4.18. The number of aromatic hydroxyl groups is 2. The Balaban J connectivity index is 2.27. The molecular weight excluding hydrogens is 520 g/mol. The monoisotopic (exact) mass is 562 g/mol. The van der Waals surface area contributed by atoms with Gasteiger partial charge >= 0.3 is 11.9 Å². The lowest BCUT2D eigenvalue weighted by molar-refractivity contribution is 0.0419. The number of carbonyl (C=O) groups excluding carboxylic acids is 2. The first kappa shape index (κ1) is 32.1. The lowest BCUT2D eigenvalue weighted by Gasteiger charge is -2.16. The number of hydrogen-bond acceptors (Lipinski definition) is 8. The van der Waals surface area contributed by atoms with E-state index in [2.05, 4.69) is 13.8 Å². The summed E-state index contributed by atoms with van der Waals surface area (Å²) in [5.41, 5.74) is -0.103. The van der Waals surface area contributed by atoms with Crippen molar-refractivity contribution >= 4 is 21.8 Å².